The van der Waals surface area contributed by atoms with Crippen LogP contribution in [-0.2, 0) is 0 Å². The highest BCUT2D eigenvalue weighted by atomic mass is 35.5. The Kier molecular flexibility index (Phi) is 6.63. The Morgan fingerprint density at radius 1 is 0.960 bits per heavy atom. The van der Waals surface area contributed by atoms with Gasteiger partial charge in [0.2, 0.25) is 0 Å². The van der Waals surface area contributed by atoms with E-state index in [2.05, 4.69) is 16.0 Å². The summed E-state index contributed by atoms with van der Waals surface area (Å²) in [4.78, 5) is 23.7. The van der Waals surface area contributed by atoms with Crippen molar-refractivity contribution in [2.24, 2.45) is 0 Å². The van der Waals surface area contributed by atoms with E-state index in [1.807, 2.05) is 6.07 Å². The average molecular weight is 377 g/mol. The molecular formula is C17H14Cl2N4O2. The van der Waals surface area contributed by atoms with Gasteiger partial charge in [0.1, 0.15) is 0 Å². The summed E-state index contributed by atoms with van der Waals surface area (Å²) in [6.07, 6.45) is 0. The minimum Gasteiger partial charge on any atom is -0.350 e. The summed E-state index contributed by atoms with van der Waals surface area (Å²) in [5, 5.41) is 17.3. The highest BCUT2D eigenvalue weighted by Gasteiger charge is 2.08. The van der Waals surface area contributed by atoms with Crippen molar-refractivity contribution >= 4 is 40.8 Å². The number of halogens is 2. The molecule has 0 heterocycles. The monoisotopic (exact) mass is 376 g/mol. The SMILES string of the molecule is N#Cc1ccc(NC(=O)NCCNC(=O)c2ccc(Cl)c(Cl)c2)cc1. The fourth-order valence-corrected chi connectivity index (χ4v) is 2.19. The zero-order chi connectivity index (χ0) is 18.2. The third kappa shape index (κ3) is 5.68. The Morgan fingerprint density at radius 3 is 2.28 bits per heavy atom. The molecule has 0 unspecified atom stereocenters. The molecule has 0 aliphatic rings. The van der Waals surface area contributed by atoms with Crippen molar-refractivity contribution < 1.29 is 9.59 Å². The smallest absolute Gasteiger partial charge is 0.319 e. The number of benzene rings is 2. The summed E-state index contributed by atoms with van der Waals surface area (Å²) in [5.74, 6) is -0.312. The van der Waals surface area contributed by atoms with Crippen LogP contribution in [0, 0.1) is 11.3 Å². The summed E-state index contributed by atoms with van der Waals surface area (Å²) >= 11 is 11.7. The molecule has 0 fully saturated rings. The second-order valence-corrected chi connectivity index (χ2v) is 5.77. The van der Waals surface area contributed by atoms with Crippen molar-refractivity contribution in [3.8, 4) is 6.07 Å². The molecule has 2 aromatic carbocycles. The Bertz CT molecular complexity index is 816. The first kappa shape index (κ1) is 18.6. The summed E-state index contributed by atoms with van der Waals surface area (Å²) in [6.45, 7) is 0.495. The number of nitrogens with zero attached hydrogens (tertiary/aromatic N) is 1. The number of carbonyl (C=O) groups excluding carboxylic acids is 2. The van der Waals surface area contributed by atoms with E-state index < -0.39 is 6.03 Å². The van der Waals surface area contributed by atoms with Crippen LogP contribution < -0.4 is 16.0 Å². The molecule has 25 heavy (non-hydrogen) atoms. The molecule has 0 aliphatic heterocycles. The lowest BCUT2D eigenvalue weighted by molar-refractivity contribution is 0.0954. The van der Waals surface area contributed by atoms with E-state index in [0.29, 0.717) is 26.9 Å². The van der Waals surface area contributed by atoms with E-state index in [9.17, 15) is 9.59 Å². The van der Waals surface area contributed by atoms with Crippen LogP contribution in [0.25, 0.3) is 0 Å². The predicted octanol–water partition coefficient (Wildman–Crippen LogP) is 3.42. The van der Waals surface area contributed by atoms with Crippen LogP contribution in [0.1, 0.15) is 15.9 Å². The quantitative estimate of drug-likeness (QED) is 0.697. The molecule has 128 valence electrons. The molecule has 0 radical (unpaired) electrons. The van der Waals surface area contributed by atoms with Crippen molar-refractivity contribution in [3.63, 3.8) is 0 Å². The molecule has 0 saturated carbocycles. The molecule has 0 bridgehead atoms. The molecule has 3 amide bonds. The summed E-state index contributed by atoms with van der Waals surface area (Å²) in [6, 6.07) is 12.6. The number of hydrogen-bond acceptors (Lipinski definition) is 3. The number of amides is 3. The van der Waals surface area contributed by atoms with Crippen LogP contribution in [0.5, 0.6) is 0 Å². The van der Waals surface area contributed by atoms with Crippen molar-refractivity contribution in [1.29, 1.82) is 5.26 Å². The number of rotatable bonds is 5. The number of urea groups is 1. The Hall–Kier alpha value is -2.75. The largest absolute Gasteiger partial charge is 0.350 e. The first-order valence-corrected chi connectivity index (χ1v) is 8.03. The Balaban J connectivity index is 1.72. The maximum atomic E-state index is 11.9. The highest BCUT2D eigenvalue weighted by Crippen LogP contribution is 2.22. The van der Waals surface area contributed by atoms with E-state index in [1.165, 1.54) is 6.07 Å². The van der Waals surface area contributed by atoms with E-state index in [4.69, 9.17) is 28.5 Å². The molecule has 3 N–H and O–H groups in total. The van der Waals surface area contributed by atoms with Gasteiger partial charge in [0, 0.05) is 24.3 Å². The molecule has 0 spiro atoms. The highest BCUT2D eigenvalue weighted by molar-refractivity contribution is 6.42. The maximum absolute atomic E-state index is 11.9. The van der Waals surface area contributed by atoms with Crippen LogP contribution in [0.15, 0.2) is 42.5 Å². The van der Waals surface area contributed by atoms with Gasteiger partial charge in [0.25, 0.3) is 5.91 Å². The van der Waals surface area contributed by atoms with E-state index >= 15 is 0 Å². The van der Waals surface area contributed by atoms with Gasteiger partial charge in [-0.3, -0.25) is 4.79 Å². The van der Waals surface area contributed by atoms with Gasteiger partial charge in [0.15, 0.2) is 0 Å². The van der Waals surface area contributed by atoms with Crippen LogP contribution in [0.2, 0.25) is 10.0 Å². The van der Waals surface area contributed by atoms with Crippen LogP contribution in [0.4, 0.5) is 10.5 Å². The van der Waals surface area contributed by atoms with Gasteiger partial charge in [-0.05, 0) is 42.5 Å². The van der Waals surface area contributed by atoms with E-state index in [1.54, 1.807) is 36.4 Å². The number of nitrogens with one attached hydrogen (secondary N) is 3. The predicted molar refractivity (Wildman–Crippen MR) is 97.0 cm³/mol. The lowest BCUT2D eigenvalue weighted by Crippen LogP contribution is -2.36. The Labute approximate surface area is 154 Å². The summed E-state index contributed by atoms with van der Waals surface area (Å²) < 4.78 is 0. The summed E-state index contributed by atoms with van der Waals surface area (Å²) in [7, 11) is 0. The van der Waals surface area contributed by atoms with Gasteiger partial charge in [-0.15, -0.1) is 0 Å². The second kappa shape index (κ2) is 8.92. The van der Waals surface area contributed by atoms with Crippen molar-refractivity contribution in [2.75, 3.05) is 18.4 Å². The van der Waals surface area contributed by atoms with Gasteiger partial charge in [-0.1, -0.05) is 23.2 Å². The maximum Gasteiger partial charge on any atom is 0.319 e. The normalized spacial score (nSPS) is 9.80. The molecule has 0 aromatic heterocycles. The first-order valence-electron chi connectivity index (χ1n) is 7.28. The number of anilines is 1. The third-order valence-corrected chi connectivity index (χ3v) is 3.89. The number of hydrogen-bond donors (Lipinski definition) is 3. The standard InChI is InChI=1S/C17H14Cl2N4O2/c18-14-6-3-12(9-15(14)19)16(24)21-7-8-22-17(25)23-13-4-1-11(10-20)2-5-13/h1-6,9H,7-8H2,(H,21,24)(H2,22,23,25). The van der Waals surface area contributed by atoms with Crippen LogP contribution in [-0.4, -0.2) is 25.0 Å². The zero-order valence-corrected chi connectivity index (χ0v) is 14.5. The molecular weight excluding hydrogens is 363 g/mol. The fourth-order valence-electron chi connectivity index (χ4n) is 1.89. The molecule has 2 rings (SSSR count). The van der Waals surface area contributed by atoms with E-state index in [-0.39, 0.29) is 19.0 Å². The third-order valence-electron chi connectivity index (χ3n) is 3.15. The summed E-state index contributed by atoms with van der Waals surface area (Å²) in [5.41, 5.74) is 1.46. The average Bonchev–Trinajstić information content (AvgIpc) is 2.61. The topological polar surface area (TPSA) is 94.0 Å². The van der Waals surface area contributed by atoms with Gasteiger partial charge >= 0.3 is 6.03 Å². The molecule has 0 saturated heterocycles. The first-order chi connectivity index (χ1) is 12.0. The molecule has 0 aliphatic carbocycles. The minimum atomic E-state index is -0.409. The van der Waals surface area contributed by atoms with Crippen LogP contribution in [0.3, 0.4) is 0 Å². The van der Waals surface area contributed by atoms with Crippen LogP contribution >= 0.6 is 23.2 Å². The molecule has 6 nitrogen and oxygen atoms in total. The lowest BCUT2D eigenvalue weighted by Gasteiger charge is -2.09. The van der Waals surface area contributed by atoms with Gasteiger partial charge in [-0.2, -0.15) is 5.26 Å². The molecule has 0 atom stereocenters. The molecule has 2 aromatic rings. The second-order valence-electron chi connectivity index (χ2n) is 4.95. The Morgan fingerprint density at radius 2 is 1.64 bits per heavy atom. The number of carbonyl (C=O) groups is 2. The van der Waals surface area contributed by atoms with Gasteiger partial charge in [0.05, 0.1) is 21.7 Å². The van der Waals surface area contributed by atoms with E-state index in [0.717, 1.165) is 0 Å². The van der Waals surface area contributed by atoms with Crippen molar-refractivity contribution in [3.05, 3.63) is 63.6 Å². The molecule has 8 heteroatoms. The van der Waals surface area contributed by atoms with Gasteiger partial charge in [-0.25, -0.2) is 4.79 Å². The van der Waals surface area contributed by atoms with Crippen molar-refractivity contribution in [2.45, 2.75) is 0 Å². The lowest BCUT2D eigenvalue weighted by atomic mass is 10.2. The number of nitriles is 1. The minimum absolute atomic E-state index is 0.245. The van der Waals surface area contributed by atoms with Gasteiger partial charge < -0.3 is 16.0 Å². The fraction of sp³-hybridized carbons (Fsp3) is 0.118. The van der Waals surface area contributed by atoms with Crippen molar-refractivity contribution in [1.82, 2.24) is 10.6 Å². The zero-order valence-electron chi connectivity index (χ0n) is 13.0.